The van der Waals surface area contributed by atoms with E-state index in [0.29, 0.717) is 30.6 Å². The fourth-order valence-corrected chi connectivity index (χ4v) is 3.25. The van der Waals surface area contributed by atoms with E-state index in [-0.39, 0.29) is 22.8 Å². The number of hydrogen-bond acceptors (Lipinski definition) is 4. The fourth-order valence-electron chi connectivity index (χ4n) is 3.25. The van der Waals surface area contributed by atoms with Crippen LogP contribution in [0.5, 0.6) is 0 Å². The van der Waals surface area contributed by atoms with Gasteiger partial charge in [0, 0.05) is 42.7 Å². The summed E-state index contributed by atoms with van der Waals surface area (Å²) in [4.78, 5) is 43.8. The lowest BCUT2D eigenvalue weighted by atomic mass is 9.75. The maximum Gasteiger partial charge on any atom is 0.261 e. The van der Waals surface area contributed by atoms with Gasteiger partial charge in [-0.05, 0) is 24.8 Å². The van der Waals surface area contributed by atoms with Crippen LogP contribution in [0.1, 0.15) is 53.6 Å². The number of carbonyl (C=O) groups is 2. The summed E-state index contributed by atoms with van der Waals surface area (Å²) in [6.45, 7) is 6.37. The van der Waals surface area contributed by atoms with Gasteiger partial charge in [0.1, 0.15) is 5.56 Å². The average molecular weight is 342 g/mol. The highest BCUT2D eigenvalue weighted by atomic mass is 16.2. The van der Waals surface area contributed by atoms with Crippen LogP contribution in [0.25, 0.3) is 0 Å². The molecular formula is C18H22N4O3. The standard InChI is InChI=1S/C18H22N4O3/c1-11(9-22-5-4-19-10-22)20-16(24)13-6-12-14(21-17(13)25)7-18(2,3)8-15(12)23/h4-6,10-11H,7-9H2,1-3H3,(H,20,24)(H,21,25). The van der Waals surface area contributed by atoms with Crippen LogP contribution < -0.4 is 10.9 Å². The second-order valence-electron chi connectivity index (χ2n) is 7.48. The van der Waals surface area contributed by atoms with Gasteiger partial charge in [-0.25, -0.2) is 4.98 Å². The Labute approximate surface area is 145 Å². The smallest absolute Gasteiger partial charge is 0.261 e. The van der Waals surface area contributed by atoms with E-state index in [4.69, 9.17) is 0 Å². The summed E-state index contributed by atoms with van der Waals surface area (Å²) < 4.78 is 1.84. The lowest BCUT2D eigenvalue weighted by Crippen LogP contribution is -2.39. The Bertz CT molecular complexity index is 865. The molecule has 2 N–H and O–H groups in total. The molecule has 1 unspecified atom stereocenters. The number of aromatic amines is 1. The molecule has 7 nitrogen and oxygen atoms in total. The molecule has 0 radical (unpaired) electrons. The molecule has 1 aliphatic rings. The first-order valence-electron chi connectivity index (χ1n) is 8.31. The zero-order valence-corrected chi connectivity index (χ0v) is 14.6. The molecule has 0 fully saturated rings. The predicted octanol–water partition coefficient (Wildman–Crippen LogP) is 1.54. The molecule has 7 heteroatoms. The third-order valence-electron chi connectivity index (χ3n) is 4.38. The lowest BCUT2D eigenvalue weighted by molar-refractivity contribution is 0.0910. The number of aromatic nitrogens is 3. The number of imidazole rings is 1. The van der Waals surface area contributed by atoms with Crippen molar-refractivity contribution in [3.05, 3.63) is 52.0 Å². The molecule has 2 heterocycles. The summed E-state index contributed by atoms with van der Waals surface area (Å²) >= 11 is 0. The first-order valence-corrected chi connectivity index (χ1v) is 8.31. The van der Waals surface area contributed by atoms with Gasteiger partial charge in [-0.3, -0.25) is 14.4 Å². The Morgan fingerprint density at radius 2 is 2.16 bits per heavy atom. The summed E-state index contributed by atoms with van der Waals surface area (Å²) in [6, 6.07) is 1.25. The summed E-state index contributed by atoms with van der Waals surface area (Å²) in [7, 11) is 0. The van der Waals surface area contributed by atoms with Crippen molar-refractivity contribution in [3.63, 3.8) is 0 Å². The van der Waals surface area contributed by atoms with Gasteiger partial charge >= 0.3 is 0 Å². The van der Waals surface area contributed by atoms with Crippen molar-refractivity contribution in [3.8, 4) is 0 Å². The third-order valence-corrected chi connectivity index (χ3v) is 4.38. The molecule has 1 amide bonds. The molecule has 0 aromatic carbocycles. The number of pyridine rings is 1. The Kier molecular flexibility index (Phi) is 4.32. The van der Waals surface area contributed by atoms with Crippen LogP contribution in [0, 0.1) is 5.41 Å². The van der Waals surface area contributed by atoms with Crippen LogP contribution in [-0.4, -0.2) is 32.3 Å². The highest BCUT2D eigenvalue weighted by Crippen LogP contribution is 2.33. The van der Waals surface area contributed by atoms with Gasteiger partial charge < -0.3 is 14.9 Å². The van der Waals surface area contributed by atoms with E-state index >= 15 is 0 Å². The van der Waals surface area contributed by atoms with Crippen LogP contribution >= 0.6 is 0 Å². The number of nitrogens with one attached hydrogen (secondary N) is 2. The number of fused-ring (bicyclic) bond motifs is 1. The molecule has 0 bridgehead atoms. The first-order chi connectivity index (χ1) is 11.7. The Hall–Kier alpha value is -2.70. The SMILES string of the molecule is CC(Cn1ccnc1)NC(=O)c1cc2c([nH]c1=O)CC(C)(C)CC2=O. The highest BCUT2D eigenvalue weighted by molar-refractivity contribution is 6.02. The second kappa shape index (κ2) is 6.31. The number of nitrogens with zero attached hydrogens (tertiary/aromatic N) is 2. The second-order valence-corrected chi connectivity index (χ2v) is 7.48. The maximum atomic E-state index is 12.5. The van der Waals surface area contributed by atoms with Crippen molar-refractivity contribution in [2.75, 3.05) is 0 Å². The number of hydrogen-bond donors (Lipinski definition) is 2. The van der Waals surface area contributed by atoms with Crippen LogP contribution in [0.2, 0.25) is 0 Å². The van der Waals surface area contributed by atoms with Gasteiger partial charge in [-0.1, -0.05) is 13.8 Å². The van der Waals surface area contributed by atoms with Crippen molar-refractivity contribution in [2.45, 2.75) is 46.2 Å². The number of amides is 1. The van der Waals surface area contributed by atoms with Crippen LogP contribution in [0.3, 0.4) is 0 Å². The van der Waals surface area contributed by atoms with Gasteiger partial charge in [0.05, 0.1) is 6.33 Å². The summed E-state index contributed by atoms with van der Waals surface area (Å²) in [6.07, 6.45) is 6.14. The van der Waals surface area contributed by atoms with Gasteiger partial charge in [-0.2, -0.15) is 0 Å². The molecule has 2 aromatic rings. The Morgan fingerprint density at radius 1 is 1.40 bits per heavy atom. The zero-order chi connectivity index (χ0) is 18.2. The van der Waals surface area contributed by atoms with Crippen molar-refractivity contribution in [1.82, 2.24) is 19.9 Å². The van der Waals surface area contributed by atoms with Gasteiger partial charge in [0.2, 0.25) is 0 Å². The molecular weight excluding hydrogens is 320 g/mol. The Balaban J connectivity index is 1.81. The third kappa shape index (κ3) is 3.70. The van der Waals surface area contributed by atoms with Crippen LogP contribution in [-0.2, 0) is 13.0 Å². The molecule has 0 aliphatic heterocycles. The van der Waals surface area contributed by atoms with E-state index in [2.05, 4.69) is 15.3 Å². The largest absolute Gasteiger partial charge is 0.348 e. The summed E-state index contributed by atoms with van der Waals surface area (Å²) in [5.74, 6) is -0.516. The topological polar surface area (TPSA) is 96.8 Å². The molecule has 0 spiro atoms. The number of H-pyrrole nitrogens is 1. The molecule has 25 heavy (non-hydrogen) atoms. The molecule has 3 rings (SSSR count). The molecule has 1 atom stereocenters. The van der Waals surface area contributed by atoms with Crippen molar-refractivity contribution < 1.29 is 9.59 Å². The van der Waals surface area contributed by atoms with Gasteiger partial charge in [-0.15, -0.1) is 0 Å². The van der Waals surface area contributed by atoms with E-state index in [1.165, 1.54) is 6.07 Å². The summed E-state index contributed by atoms with van der Waals surface area (Å²) in [5.41, 5.74) is 0.400. The van der Waals surface area contributed by atoms with Crippen molar-refractivity contribution in [1.29, 1.82) is 0 Å². The summed E-state index contributed by atoms with van der Waals surface area (Å²) in [5, 5.41) is 2.79. The van der Waals surface area contributed by atoms with E-state index < -0.39 is 11.5 Å². The monoisotopic (exact) mass is 342 g/mol. The number of rotatable bonds is 4. The molecule has 0 saturated heterocycles. The van der Waals surface area contributed by atoms with Crippen molar-refractivity contribution in [2.24, 2.45) is 5.41 Å². The number of ketones is 1. The lowest BCUT2D eigenvalue weighted by Gasteiger charge is -2.29. The average Bonchev–Trinajstić information content (AvgIpc) is 2.97. The minimum atomic E-state index is -0.478. The van der Waals surface area contributed by atoms with Crippen molar-refractivity contribution >= 4 is 11.7 Å². The zero-order valence-electron chi connectivity index (χ0n) is 14.6. The minimum Gasteiger partial charge on any atom is -0.348 e. The quantitative estimate of drug-likeness (QED) is 0.881. The van der Waals surface area contributed by atoms with E-state index in [1.807, 2.05) is 25.3 Å². The van der Waals surface area contributed by atoms with Crippen LogP contribution in [0.4, 0.5) is 0 Å². The van der Waals surface area contributed by atoms with E-state index in [0.717, 1.165) is 0 Å². The molecule has 2 aromatic heterocycles. The highest BCUT2D eigenvalue weighted by Gasteiger charge is 2.32. The van der Waals surface area contributed by atoms with Gasteiger partial charge in [0.25, 0.3) is 11.5 Å². The van der Waals surface area contributed by atoms with E-state index in [1.54, 1.807) is 18.7 Å². The maximum absolute atomic E-state index is 12.5. The predicted molar refractivity (Wildman–Crippen MR) is 92.7 cm³/mol. The molecule has 0 saturated carbocycles. The first kappa shape index (κ1) is 17.1. The van der Waals surface area contributed by atoms with Gasteiger partial charge in [0.15, 0.2) is 5.78 Å². The minimum absolute atomic E-state index is 0.0238. The van der Waals surface area contributed by atoms with E-state index in [9.17, 15) is 14.4 Å². The molecule has 1 aliphatic carbocycles. The van der Waals surface area contributed by atoms with Crippen LogP contribution in [0.15, 0.2) is 29.6 Å². The fraction of sp³-hybridized carbons (Fsp3) is 0.444. The number of Topliss-reactive ketones (excluding diaryl/α,β-unsaturated/α-hetero) is 1. The number of carbonyl (C=O) groups excluding carboxylic acids is 2. The molecule has 132 valence electrons. The normalized spacial score (nSPS) is 17.0. The Morgan fingerprint density at radius 3 is 2.84 bits per heavy atom.